The third-order valence-corrected chi connectivity index (χ3v) is 11.7. The third kappa shape index (κ3) is 4.86. The second-order valence-corrected chi connectivity index (χ2v) is 16.5. The van der Waals surface area contributed by atoms with Crippen LogP contribution in [0.15, 0.2) is 48.7 Å². The Morgan fingerprint density at radius 1 is 1.17 bits per heavy atom. The molecule has 4 heterocycles. The first-order valence-electron chi connectivity index (χ1n) is 14.4. The molecule has 3 aliphatic rings. The first kappa shape index (κ1) is 29.0. The van der Waals surface area contributed by atoms with Crippen LogP contribution in [-0.4, -0.2) is 64.3 Å². The largest absolute Gasteiger partial charge is 0.432 e. The molecule has 6 rings (SSSR count). The predicted octanol–water partition coefficient (Wildman–Crippen LogP) is 3.64. The Labute approximate surface area is 251 Å². The summed E-state index contributed by atoms with van der Waals surface area (Å²) < 4.78 is 8.58. The van der Waals surface area contributed by atoms with Crippen molar-refractivity contribution in [1.29, 1.82) is 0 Å². The van der Waals surface area contributed by atoms with Gasteiger partial charge in [-0.15, -0.1) is 5.10 Å². The molecule has 2 saturated heterocycles. The molecule has 1 aromatic heterocycles. The molecule has 3 aromatic rings. The fourth-order valence-electron chi connectivity index (χ4n) is 6.96. The molecule has 0 radical (unpaired) electrons. The molecule has 42 heavy (non-hydrogen) atoms. The molecule has 0 aliphatic carbocycles. The van der Waals surface area contributed by atoms with Gasteiger partial charge < -0.3 is 24.4 Å². The Balaban J connectivity index is 1.31. The highest BCUT2D eigenvalue weighted by molar-refractivity contribution is 6.71. The Kier molecular flexibility index (Phi) is 7.51. The maximum atomic E-state index is 14.5. The first-order chi connectivity index (χ1) is 20.0. The molecule has 0 saturated carbocycles. The number of halogens is 1. The highest BCUT2D eigenvalue weighted by Crippen LogP contribution is 2.60. The number of amides is 2. The maximum Gasteiger partial charge on any atom is 0.264 e. The van der Waals surface area contributed by atoms with Gasteiger partial charge in [0.15, 0.2) is 13.9 Å². The van der Waals surface area contributed by atoms with Crippen LogP contribution in [0.5, 0.6) is 0 Å². The van der Waals surface area contributed by atoms with Gasteiger partial charge in [-0.05, 0) is 55.4 Å². The molecule has 2 fully saturated rings. The van der Waals surface area contributed by atoms with Crippen molar-refractivity contribution in [2.24, 2.45) is 5.92 Å². The number of carbonyl (C=O) groups excluding carboxylic acids is 2. The van der Waals surface area contributed by atoms with Crippen LogP contribution in [0.4, 0.5) is 11.4 Å². The van der Waals surface area contributed by atoms with Crippen LogP contribution in [0, 0.1) is 5.92 Å². The summed E-state index contributed by atoms with van der Waals surface area (Å²) in [5, 5.41) is 18.0. The van der Waals surface area contributed by atoms with E-state index in [9.17, 15) is 19.5 Å². The molecule has 10 nitrogen and oxygen atoms in total. The summed E-state index contributed by atoms with van der Waals surface area (Å²) in [5.41, 5.74) is 2.47. The fourth-order valence-corrected chi connectivity index (χ4v) is 9.74. The van der Waals surface area contributed by atoms with Crippen LogP contribution in [0.25, 0.3) is 0 Å². The Bertz CT molecular complexity index is 1510. The number of carbonyl (C=O) groups is 2. The summed E-state index contributed by atoms with van der Waals surface area (Å²) >= 11 is 6.50. The predicted molar refractivity (Wildman–Crippen MR) is 161 cm³/mol. The van der Waals surface area contributed by atoms with Crippen LogP contribution < -0.4 is 9.80 Å². The number of hydrogen-bond acceptors (Lipinski definition) is 7. The Morgan fingerprint density at radius 3 is 2.57 bits per heavy atom. The molecule has 3 aliphatic heterocycles. The lowest BCUT2D eigenvalue weighted by molar-refractivity contribution is -0.146. The van der Waals surface area contributed by atoms with E-state index in [1.165, 1.54) is 0 Å². The molecule has 0 bridgehead atoms. The second-order valence-electron chi connectivity index (χ2n) is 12.1. The standard InChI is InChI=1S/C30H36ClN5O5Si/c1-19-28(42(2,3)40)26(10-13-34-18-22(12-15-37)32-33-34)41-30(19)24-16-21(31)6-9-25(24)36(29(30)39)17-20-4-7-23(8-5-20)35-14-11-27(35)38/h4-9,16,18-19,26,28,37,40H,10-15,17H2,1-3H3/t19-,26+,28-,30+/m1/s1. The summed E-state index contributed by atoms with van der Waals surface area (Å²) in [5.74, 6) is -0.345. The van der Waals surface area contributed by atoms with Crippen molar-refractivity contribution in [2.45, 2.75) is 69.6 Å². The lowest BCUT2D eigenvalue weighted by Crippen LogP contribution is -2.46. The van der Waals surface area contributed by atoms with Gasteiger partial charge in [-0.25, -0.2) is 0 Å². The van der Waals surface area contributed by atoms with E-state index >= 15 is 0 Å². The number of fused-ring (bicyclic) bond motifs is 2. The summed E-state index contributed by atoms with van der Waals surface area (Å²) in [7, 11) is -2.81. The van der Waals surface area contributed by atoms with E-state index in [0.29, 0.717) is 43.1 Å². The monoisotopic (exact) mass is 609 g/mol. The number of hydrogen-bond donors (Lipinski definition) is 2. The maximum absolute atomic E-state index is 14.5. The summed E-state index contributed by atoms with van der Waals surface area (Å²) in [6, 6.07) is 13.2. The van der Waals surface area contributed by atoms with E-state index < -0.39 is 13.9 Å². The number of ether oxygens (including phenoxy) is 1. The van der Waals surface area contributed by atoms with Crippen LogP contribution in [0.3, 0.4) is 0 Å². The molecule has 222 valence electrons. The lowest BCUT2D eigenvalue weighted by atomic mass is 9.82. The van der Waals surface area contributed by atoms with Gasteiger partial charge in [0.1, 0.15) is 0 Å². The molecule has 2 aromatic carbocycles. The minimum absolute atomic E-state index is 0.000314. The van der Waals surface area contributed by atoms with Crippen molar-refractivity contribution in [3.8, 4) is 0 Å². The van der Waals surface area contributed by atoms with Crippen molar-refractivity contribution in [3.05, 3.63) is 70.5 Å². The number of anilines is 2. The van der Waals surface area contributed by atoms with E-state index in [1.807, 2.05) is 62.6 Å². The van der Waals surface area contributed by atoms with E-state index in [-0.39, 0.29) is 36.0 Å². The fraction of sp³-hybridized carbons (Fsp3) is 0.467. The molecule has 1 spiro atoms. The van der Waals surface area contributed by atoms with Gasteiger partial charge in [0.2, 0.25) is 5.91 Å². The zero-order valence-corrected chi connectivity index (χ0v) is 25.8. The van der Waals surface area contributed by atoms with E-state index in [1.54, 1.807) is 20.5 Å². The summed E-state index contributed by atoms with van der Waals surface area (Å²) in [6.45, 7) is 7.37. The van der Waals surface area contributed by atoms with Gasteiger partial charge in [0, 0.05) is 66.5 Å². The lowest BCUT2D eigenvalue weighted by Gasteiger charge is -2.32. The number of aryl methyl sites for hydroxylation is 1. The normalized spacial score (nSPS) is 25.4. The zero-order valence-electron chi connectivity index (χ0n) is 24.0. The van der Waals surface area contributed by atoms with Crippen molar-refractivity contribution in [2.75, 3.05) is 23.0 Å². The van der Waals surface area contributed by atoms with Crippen LogP contribution in [0.2, 0.25) is 23.7 Å². The zero-order chi connectivity index (χ0) is 29.8. The van der Waals surface area contributed by atoms with Gasteiger partial charge in [0.05, 0.1) is 24.0 Å². The van der Waals surface area contributed by atoms with Crippen molar-refractivity contribution in [1.82, 2.24) is 15.0 Å². The van der Waals surface area contributed by atoms with Crippen LogP contribution >= 0.6 is 11.6 Å². The number of nitrogens with zero attached hydrogens (tertiary/aromatic N) is 5. The average molecular weight is 610 g/mol. The minimum atomic E-state index is -2.81. The Hall–Kier alpha value is -3.09. The van der Waals surface area contributed by atoms with Gasteiger partial charge in [-0.3, -0.25) is 14.3 Å². The molecule has 0 unspecified atom stereocenters. The van der Waals surface area contributed by atoms with E-state index in [2.05, 4.69) is 10.3 Å². The van der Waals surface area contributed by atoms with Crippen molar-refractivity contribution in [3.63, 3.8) is 0 Å². The number of benzene rings is 2. The SMILES string of the molecule is C[C@@H]1[C@@H]([Si](C)(C)O)[C@H](CCn2cc(CCO)nn2)O[C@@]12C(=O)N(Cc1ccc(N3CCC3=O)cc1)c1ccc(Cl)cc12. The molecule has 12 heteroatoms. The molecular formula is C30H36ClN5O5Si. The smallest absolute Gasteiger partial charge is 0.264 e. The molecule has 4 atom stereocenters. The molecule has 2 N–H and O–H groups in total. The first-order valence-corrected chi connectivity index (χ1v) is 17.8. The number of aliphatic hydroxyl groups is 1. The number of β-lactam (4-membered cyclic amide) rings is 1. The number of aliphatic hydroxyl groups excluding tert-OH is 1. The van der Waals surface area contributed by atoms with Gasteiger partial charge in [-0.1, -0.05) is 35.9 Å². The highest BCUT2D eigenvalue weighted by Gasteiger charge is 2.66. The van der Waals surface area contributed by atoms with E-state index in [0.717, 1.165) is 29.0 Å². The minimum Gasteiger partial charge on any atom is -0.432 e. The average Bonchev–Trinajstić information content (AvgIpc) is 3.58. The van der Waals surface area contributed by atoms with Crippen molar-refractivity contribution < 1.29 is 24.2 Å². The van der Waals surface area contributed by atoms with E-state index in [4.69, 9.17) is 16.3 Å². The van der Waals surface area contributed by atoms with Gasteiger partial charge in [-0.2, -0.15) is 0 Å². The summed E-state index contributed by atoms with van der Waals surface area (Å²) in [6.07, 6.45) is 2.96. The second kappa shape index (κ2) is 10.9. The van der Waals surface area contributed by atoms with Gasteiger partial charge in [0.25, 0.3) is 5.91 Å². The van der Waals surface area contributed by atoms with Crippen LogP contribution in [0.1, 0.15) is 36.6 Å². The third-order valence-electron chi connectivity index (χ3n) is 8.98. The molecule has 2 amide bonds. The van der Waals surface area contributed by atoms with Crippen LogP contribution in [-0.2, 0) is 39.4 Å². The highest BCUT2D eigenvalue weighted by atomic mass is 35.5. The summed E-state index contributed by atoms with van der Waals surface area (Å²) in [4.78, 5) is 41.4. The number of rotatable bonds is 9. The molecular weight excluding hydrogens is 574 g/mol. The quantitative estimate of drug-likeness (QED) is 0.281. The van der Waals surface area contributed by atoms with Gasteiger partial charge >= 0.3 is 0 Å². The van der Waals surface area contributed by atoms with Crippen molar-refractivity contribution >= 4 is 43.1 Å². The Morgan fingerprint density at radius 2 is 1.93 bits per heavy atom. The number of aromatic nitrogens is 3. The topological polar surface area (TPSA) is 121 Å².